The summed E-state index contributed by atoms with van der Waals surface area (Å²) in [5.74, 6) is 1.52. The first-order chi connectivity index (χ1) is 15.5. The van der Waals surface area contributed by atoms with E-state index in [0.717, 1.165) is 25.4 Å². The van der Waals surface area contributed by atoms with Crippen molar-refractivity contribution in [3.05, 3.63) is 76.5 Å². The van der Waals surface area contributed by atoms with Crippen LogP contribution >= 0.6 is 23.2 Å². The Morgan fingerprint density at radius 3 is 2.44 bits per heavy atom. The van der Waals surface area contributed by atoms with Gasteiger partial charge < -0.3 is 14.6 Å². The minimum atomic E-state index is -0.810. The number of hydrogen-bond acceptors (Lipinski definition) is 5. The molecule has 0 aliphatic carbocycles. The third-order valence-electron chi connectivity index (χ3n) is 5.61. The Bertz CT molecular complexity index is 1000. The van der Waals surface area contributed by atoms with Gasteiger partial charge in [-0.2, -0.15) is 5.10 Å². The van der Waals surface area contributed by atoms with E-state index in [1.54, 1.807) is 29.2 Å². The Kier molecular flexibility index (Phi) is 7.58. The largest absolute Gasteiger partial charge is 0.492 e. The van der Waals surface area contributed by atoms with Gasteiger partial charge in [0.2, 0.25) is 0 Å². The summed E-state index contributed by atoms with van der Waals surface area (Å²) in [6, 6.07) is 15.4. The fourth-order valence-corrected chi connectivity index (χ4v) is 4.05. The standard InChI is InChI=1S/C24H27Cl2N3O3/c25-20-2-1-3-23(14-20)32-18-24(30)8-10-28(11-9-24)16-19-4-6-22(7-5-19)31-13-12-29-17-21(26)15-27-29/h1-7,14-15,17,30H,8-13,16,18H2. The highest BCUT2D eigenvalue weighted by atomic mass is 35.5. The summed E-state index contributed by atoms with van der Waals surface area (Å²) < 4.78 is 13.3. The van der Waals surface area contributed by atoms with Crippen molar-refractivity contribution in [3.63, 3.8) is 0 Å². The van der Waals surface area contributed by atoms with Gasteiger partial charge in [-0.3, -0.25) is 9.58 Å². The molecule has 6 nitrogen and oxygen atoms in total. The van der Waals surface area contributed by atoms with Gasteiger partial charge in [0.05, 0.1) is 17.8 Å². The van der Waals surface area contributed by atoms with Crippen LogP contribution in [0.25, 0.3) is 0 Å². The summed E-state index contributed by atoms with van der Waals surface area (Å²) in [5.41, 5.74) is 0.409. The molecule has 2 heterocycles. The summed E-state index contributed by atoms with van der Waals surface area (Å²) in [6.07, 6.45) is 4.74. The molecule has 0 saturated carbocycles. The molecule has 0 unspecified atom stereocenters. The molecule has 1 aliphatic rings. The van der Waals surface area contributed by atoms with Crippen LogP contribution in [0.5, 0.6) is 11.5 Å². The van der Waals surface area contributed by atoms with E-state index < -0.39 is 5.60 Å². The molecule has 0 amide bonds. The van der Waals surface area contributed by atoms with Gasteiger partial charge in [0.1, 0.15) is 30.3 Å². The first-order valence-electron chi connectivity index (χ1n) is 10.7. The van der Waals surface area contributed by atoms with Crippen LogP contribution < -0.4 is 9.47 Å². The summed E-state index contributed by atoms with van der Waals surface area (Å²) in [7, 11) is 0. The fraction of sp³-hybridized carbons (Fsp3) is 0.375. The van der Waals surface area contributed by atoms with E-state index >= 15 is 0 Å². The molecule has 1 fully saturated rings. The summed E-state index contributed by atoms with van der Waals surface area (Å²) >= 11 is 11.9. The second kappa shape index (κ2) is 10.6. The number of hydrogen-bond donors (Lipinski definition) is 1. The number of aromatic nitrogens is 2. The Hall–Kier alpha value is -2.25. The van der Waals surface area contributed by atoms with Gasteiger partial charge in [0.25, 0.3) is 0 Å². The van der Waals surface area contributed by atoms with E-state index in [4.69, 9.17) is 32.7 Å². The highest BCUT2D eigenvalue weighted by molar-refractivity contribution is 6.30. The zero-order chi connectivity index (χ0) is 22.4. The van der Waals surface area contributed by atoms with E-state index in [-0.39, 0.29) is 6.61 Å². The van der Waals surface area contributed by atoms with Crippen molar-refractivity contribution in [1.29, 1.82) is 0 Å². The second-order valence-corrected chi connectivity index (χ2v) is 9.03. The number of halogens is 2. The first kappa shape index (κ1) is 22.9. The molecule has 2 aromatic carbocycles. The number of benzene rings is 2. The lowest BCUT2D eigenvalue weighted by molar-refractivity contribution is -0.0537. The predicted octanol–water partition coefficient (Wildman–Crippen LogP) is 4.67. The molecule has 0 atom stereocenters. The minimum absolute atomic E-state index is 0.276. The van der Waals surface area contributed by atoms with Crippen LogP contribution in [0.15, 0.2) is 60.9 Å². The fourth-order valence-electron chi connectivity index (χ4n) is 3.71. The highest BCUT2D eigenvalue weighted by Crippen LogP contribution is 2.26. The van der Waals surface area contributed by atoms with Crippen molar-refractivity contribution in [2.24, 2.45) is 0 Å². The van der Waals surface area contributed by atoms with Crippen LogP contribution in [0.2, 0.25) is 10.0 Å². The van der Waals surface area contributed by atoms with Gasteiger partial charge in [-0.25, -0.2) is 0 Å². The lowest BCUT2D eigenvalue weighted by Crippen LogP contribution is -2.47. The molecule has 32 heavy (non-hydrogen) atoms. The third kappa shape index (κ3) is 6.62. The third-order valence-corrected chi connectivity index (χ3v) is 6.04. The molecule has 3 aromatic rings. The molecule has 1 N–H and O–H groups in total. The average Bonchev–Trinajstić information content (AvgIpc) is 3.20. The Morgan fingerprint density at radius 1 is 0.969 bits per heavy atom. The van der Waals surface area contributed by atoms with Gasteiger partial charge in [0, 0.05) is 30.9 Å². The number of aliphatic hydroxyl groups is 1. The summed E-state index contributed by atoms with van der Waals surface area (Å²) in [5, 5.41) is 16.3. The molecule has 0 bridgehead atoms. The normalized spacial score (nSPS) is 16.1. The van der Waals surface area contributed by atoms with Crippen molar-refractivity contribution in [2.45, 2.75) is 31.5 Å². The van der Waals surface area contributed by atoms with Crippen LogP contribution in [0, 0.1) is 0 Å². The topological polar surface area (TPSA) is 59.8 Å². The molecule has 1 aromatic heterocycles. The van der Waals surface area contributed by atoms with Crippen LogP contribution in [-0.2, 0) is 13.1 Å². The van der Waals surface area contributed by atoms with E-state index in [1.165, 1.54) is 5.56 Å². The monoisotopic (exact) mass is 475 g/mol. The zero-order valence-corrected chi connectivity index (χ0v) is 19.3. The van der Waals surface area contributed by atoms with Gasteiger partial charge >= 0.3 is 0 Å². The Balaban J connectivity index is 1.19. The van der Waals surface area contributed by atoms with Crippen molar-refractivity contribution < 1.29 is 14.6 Å². The molecule has 1 aliphatic heterocycles. The molecule has 4 rings (SSSR count). The predicted molar refractivity (Wildman–Crippen MR) is 126 cm³/mol. The number of rotatable bonds is 9. The van der Waals surface area contributed by atoms with E-state index in [0.29, 0.717) is 41.8 Å². The molecule has 170 valence electrons. The zero-order valence-electron chi connectivity index (χ0n) is 17.8. The van der Waals surface area contributed by atoms with Crippen molar-refractivity contribution >= 4 is 23.2 Å². The highest BCUT2D eigenvalue weighted by Gasteiger charge is 2.33. The minimum Gasteiger partial charge on any atom is -0.492 e. The van der Waals surface area contributed by atoms with Crippen molar-refractivity contribution in [1.82, 2.24) is 14.7 Å². The number of nitrogens with zero attached hydrogens (tertiary/aromatic N) is 3. The van der Waals surface area contributed by atoms with Gasteiger partial charge in [-0.1, -0.05) is 41.4 Å². The van der Waals surface area contributed by atoms with Crippen LogP contribution in [-0.4, -0.2) is 51.7 Å². The Morgan fingerprint density at radius 2 is 1.75 bits per heavy atom. The van der Waals surface area contributed by atoms with Gasteiger partial charge in [0.15, 0.2) is 0 Å². The molecule has 0 radical (unpaired) electrons. The van der Waals surface area contributed by atoms with Crippen LogP contribution in [0.3, 0.4) is 0 Å². The first-order valence-corrected chi connectivity index (χ1v) is 11.5. The summed E-state index contributed by atoms with van der Waals surface area (Å²) in [6.45, 7) is 3.93. The van der Waals surface area contributed by atoms with E-state index in [2.05, 4.69) is 22.1 Å². The maximum Gasteiger partial charge on any atom is 0.120 e. The molecule has 0 spiro atoms. The Labute approximate surface area is 198 Å². The van der Waals surface area contributed by atoms with Crippen molar-refractivity contribution in [3.8, 4) is 11.5 Å². The smallest absolute Gasteiger partial charge is 0.120 e. The summed E-state index contributed by atoms with van der Waals surface area (Å²) in [4.78, 5) is 2.35. The molecular weight excluding hydrogens is 449 g/mol. The average molecular weight is 476 g/mol. The quantitative estimate of drug-likeness (QED) is 0.486. The van der Waals surface area contributed by atoms with E-state index in [1.807, 2.05) is 24.3 Å². The van der Waals surface area contributed by atoms with Crippen molar-refractivity contribution in [2.75, 3.05) is 26.3 Å². The molecular formula is C24H27Cl2N3O3. The lowest BCUT2D eigenvalue weighted by atomic mass is 9.92. The maximum atomic E-state index is 10.9. The number of likely N-dealkylation sites (tertiary alicyclic amines) is 1. The van der Waals surface area contributed by atoms with Crippen LogP contribution in [0.4, 0.5) is 0 Å². The molecule has 1 saturated heterocycles. The SMILES string of the molecule is OC1(COc2cccc(Cl)c2)CCN(Cc2ccc(OCCn3cc(Cl)cn3)cc2)CC1. The second-order valence-electron chi connectivity index (χ2n) is 8.16. The van der Waals surface area contributed by atoms with Crippen LogP contribution in [0.1, 0.15) is 18.4 Å². The number of piperidine rings is 1. The lowest BCUT2D eigenvalue weighted by Gasteiger charge is -2.38. The van der Waals surface area contributed by atoms with Gasteiger partial charge in [-0.15, -0.1) is 0 Å². The maximum absolute atomic E-state index is 10.9. The van der Waals surface area contributed by atoms with Gasteiger partial charge in [-0.05, 0) is 48.7 Å². The molecule has 8 heteroatoms. The number of ether oxygens (including phenoxy) is 2. The van der Waals surface area contributed by atoms with E-state index in [9.17, 15) is 5.11 Å².